The summed E-state index contributed by atoms with van der Waals surface area (Å²) in [6.45, 7) is 0. The Morgan fingerprint density at radius 3 is 2.91 bits per heavy atom. The van der Waals surface area contributed by atoms with Gasteiger partial charge in [0, 0.05) is 4.21 Å². The van der Waals surface area contributed by atoms with Crippen LogP contribution in [0.1, 0.15) is 0 Å². The molecule has 2 rings (SSSR count). The van der Waals surface area contributed by atoms with Crippen molar-refractivity contribution in [2.75, 3.05) is 0 Å². The Bertz CT molecular complexity index is 394. The highest BCUT2D eigenvalue weighted by molar-refractivity contribution is 7.65. The molecule has 0 aliphatic heterocycles. The number of aromatic nitrogens is 1. The van der Waals surface area contributed by atoms with Gasteiger partial charge in [-0.1, -0.05) is 12.1 Å². The van der Waals surface area contributed by atoms with Gasteiger partial charge in [0.1, 0.15) is 0 Å². The molecule has 0 spiro atoms. The van der Waals surface area contributed by atoms with E-state index in [0.717, 1.165) is 15.8 Å². The number of aromatic amines is 1. The highest BCUT2D eigenvalue weighted by Crippen LogP contribution is 2.16. The second-order valence-corrected chi connectivity index (χ2v) is 2.89. The third kappa shape index (κ3) is 0.935. The molecule has 0 atom stereocenters. The summed E-state index contributed by atoms with van der Waals surface area (Å²) in [6, 6.07) is 7.76. The van der Waals surface area contributed by atoms with Gasteiger partial charge in [0.15, 0.2) is 0 Å². The van der Waals surface area contributed by atoms with E-state index >= 15 is 0 Å². The van der Waals surface area contributed by atoms with Crippen LogP contribution in [0.5, 0.6) is 0 Å². The zero-order valence-electron chi connectivity index (χ0n) is 5.70. The molecule has 0 fully saturated rings. The predicted octanol–water partition coefficient (Wildman–Crippen LogP) is 1.95. The molecular formula is C8H6NOS+. The molecule has 0 saturated carbocycles. The Morgan fingerprint density at radius 1 is 1.27 bits per heavy atom. The van der Waals surface area contributed by atoms with E-state index < -0.39 is 0 Å². The third-order valence-electron chi connectivity index (χ3n) is 1.64. The Hall–Kier alpha value is -1.22. The Balaban J connectivity index is 2.86. The quantitative estimate of drug-likeness (QED) is 0.642. The maximum Gasteiger partial charge on any atom is 0.507 e. The van der Waals surface area contributed by atoms with E-state index in [1.807, 2.05) is 24.3 Å². The molecule has 11 heavy (non-hydrogen) atoms. The Labute approximate surface area is 67.7 Å². The first kappa shape index (κ1) is 6.49. The van der Waals surface area contributed by atoms with Gasteiger partial charge in [0.05, 0.1) is 17.1 Å². The number of hydrogen-bond acceptors (Lipinski definition) is 1. The van der Waals surface area contributed by atoms with Crippen LogP contribution < -0.4 is 0 Å². The van der Waals surface area contributed by atoms with Crippen LogP contribution in [-0.4, -0.2) is 4.98 Å². The average Bonchev–Trinajstić information content (AvgIpc) is 2.47. The van der Waals surface area contributed by atoms with Gasteiger partial charge >= 0.3 is 16.6 Å². The fourth-order valence-corrected chi connectivity index (χ4v) is 1.49. The van der Waals surface area contributed by atoms with Crippen molar-refractivity contribution in [3.8, 4) is 0 Å². The van der Waals surface area contributed by atoms with Crippen molar-refractivity contribution >= 4 is 22.6 Å². The minimum absolute atomic E-state index is 0.524. The van der Waals surface area contributed by atoms with E-state index in [1.165, 1.54) is 0 Å². The fraction of sp³-hybridized carbons (Fsp3) is 0. The van der Waals surface area contributed by atoms with E-state index in [0.29, 0.717) is 11.7 Å². The zero-order chi connectivity index (χ0) is 7.68. The van der Waals surface area contributed by atoms with Gasteiger partial charge in [-0.2, -0.15) is 0 Å². The molecule has 2 aromatic rings. The van der Waals surface area contributed by atoms with Crippen LogP contribution in [0.15, 0.2) is 35.4 Å². The Morgan fingerprint density at radius 2 is 2.09 bits per heavy atom. The van der Waals surface area contributed by atoms with Gasteiger partial charge in [0.2, 0.25) is 0 Å². The van der Waals surface area contributed by atoms with Crippen LogP contribution in [0.25, 0.3) is 10.9 Å². The van der Waals surface area contributed by atoms with Crippen molar-refractivity contribution in [1.82, 2.24) is 4.98 Å². The molecular weight excluding hydrogens is 158 g/mol. The summed E-state index contributed by atoms with van der Waals surface area (Å²) < 4.78 is 10.5. The molecule has 0 aliphatic rings. The van der Waals surface area contributed by atoms with Crippen molar-refractivity contribution in [2.45, 2.75) is 4.90 Å². The molecule has 1 aromatic heterocycles. The van der Waals surface area contributed by atoms with Gasteiger partial charge in [-0.15, -0.1) is 0 Å². The molecule has 0 saturated heterocycles. The van der Waals surface area contributed by atoms with Gasteiger partial charge in [-0.3, -0.25) is 0 Å². The highest BCUT2D eigenvalue weighted by atomic mass is 32.1. The molecule has 1 heterocycles. The fourth-order valence-electron chi connectivity index (χ4n) is 1.11. The average molecular weight is 164 g/mol. The van der Waals surface area contributed by atoms with Crippen LogP contribution in [-0.2, 0) is 15.9 Å². The SMILES string of the molecule is O=[S+]c1c[nH]c2ccccc12. The summed E-state index contributed by atoms with van der Waals surface area (Å²) >= 11 is 0.524. The minimum atomic E-state index is 0.524. The lowest BCUT2D eigenvalue weighted by Crippen LogP contribution is -1.67. The highest BCUT2D eigenvalue weighted by Gasteiger charge is 2.12. The van der Waals surface area contributed by atoms with E-state index in [9.17, 15) is 4.21 Å². The first-order chi connectivity index (χ1) is 5.42. The van der Waals surface area contributed by atoms with Gasteiger partial charge in [-0.25, -0.2) is 0 Å². The number of para-hydroxylation sites is 1. The molecule has 2 nitrogen and oxygen atoms in total. The zero-order valence-corrected chi connectivity index (χ0v) is 6.52. The first-order valence-electron chi connectivity index (χ1n) is 3.28. The van der Waals surface area contributed by atoms with Gasteiger partial charge in [0.25, 0.3) is 0 Å². The van der Waals surface area contributed by atoms with Crippen molar-refractivity contribution in [3.05, 3.63) is 30.5 Å². The number of hydrogen-bond donors (Lipinski definition) is 1. The van der Waals surface area contributed by atoms with Gasteiger partial charge in [-0.05, 0) is 12.1 Å². The summed E-state index contributed by atoms with van der Waals surface area (Å²) in [5.74, 6) is 0. The molecule has 3 heteroatoms. The molecule has 0 radical (unpaired) electrons. The van der Waals surface area contributed by atoms with E-state index in [4.69, 9.17) is 0 Å². The lowest BCUT2D eigenvalue weighted by Gasteiger charge is -1.82. The number of nitrogens with one attached hydrogen (secondary N) is 1. The second-order valence-electron chi connectivity index (χ2n) is 2.28. The maximum absolute atomic E-state index is 10.5. The largest absolute Gasteiger partial charge is 0.507 e. The van der Waals surface area contributed by atoms with Crippen LogP contribution in [0.4, 0.5) is 0 Å². The standard InChI is InChI=1S/C8H6NOS/c10-11-8-5-9-7-4-2-1-3-6(7)8/h1-5,9H/q+1. The predicted molar refractivity (Wildman–Crippen MR) is 44.6 cm³/mol. The summed E-state index contributed by atoms with van der Waals surface area (Å²) in [5, 5.41) is 1.01. The number of H-pyrrole nitrogens is 1. The van der Waals surface area contributed by atoms with Crippen LogP contribution in [0.3, 0.4) is 0 Å². The number of benzene rings is 1. The second kappa shape index (κ2) is 2.43. The van der Waals surface area contributed by atoms with Crippen LogP contribution in [0, 0.1) is 0 Å². The topological polar surface area (TPSA) is 32.9 Å². The van der Waals surface area contributed by atoms with Crippen molar-refractivity contribution in [2.24, 2.45) is 0 Å². The molecule has 0 amide bonds. The minimum Gasteiger partial charge on any atom is -0.356 e. The van der Waals surface area contributed by atoms with E-state index in [2.05, 4.69) is 4.98 Å². The molecule has 1 aromatic carbocycles. The van der Waals surface area contributed by atoms with E-state index in [-0.39, 0.29) is 0 Å². The summed E-state index contributed by atoms with van der Waals surface area (Å²) in [5.41, 5.74) is 1.02. The van der Waals surface area contributed by atoms with Gasteiger partial charge < -0.3 is 4.98 Å². The smallest absolute Gasteiger partial charge is 0.356 e. The number of fused-ring (bicyclic) bond motifs is 1. The first-order valence-corrected chi connectivity index (χ1v) is 4.02. The third-order valence-corrected chi connectivity index (χ3v) is 2.16. The summed E-state index contributed by atoms with van der Waals surface area (Å²) in [7, 11) is 0. The molecule has 1 N–H and O–H groups in total. The molecule has 0 bridgehead atoms. The van der Waals surface area contributed by atoms with Crippen LogP contribution in [0.2, 0.25) is 0 Å². The monoisotopic (exact) mass is 164 g/mol. The van der Waals surface area contributed by atoms with Crippen molar-refractivity contribution in [3.63, 3.8) is 0 Å². The lowest BCUT2D eigenvalue weighted by molar-refractivity contribution is 0.605. The summed E-state index contributed by atoms with van der Waals surface area (Å²) in [4.78, 5) is 3.78. The molecule has 0 aliphatic carbocycles. The Kier molecular flexibility index (Phi) is 1.43. The summed E-state index contributed by atoms with van der Waals surface area (Å²) in [6.07, 6.45) is 1.74. The van der Waals surface area contributed by atoms with Crippen molar-refractivity contribution < 1.29 is 4.21 Å². The molecule has 0 unspecified atom stereocenters. The number of rotatable bonds is 1. The lowest BCUT2D eigenvalue weighted by atomic mass is 10.2. The van der Waals surface area contributed by atoms with Crippen LogP contribution >= 0.6 is 0 Å². The maximum atomic E-state index is 10.5. The van der Waals surface area contributed by atoms with Crippen molar-refractivity contribution in [1.29, 1.82) is 0 Å². The van der Waals surface area contributed by atoms with E-state index in [1.54, 1.807) is 6.20 Å². The normalized spacial score (nSPS) is 10.2. The molecule has 54 valence electrons.